The van der Waals surface area contributed by atoms with Crippen LogP contribution in [0.2, 0.25) is 0 Å². The van der Waals surface area contributed by atoms with Gasteiger partial charge in [-0.1, -0.05) is 18.2 Å². The van der Waals surface area contributed by atoms with Crippen LogP contribution in [0.15, 0.2) is 30.5 Å². The Hall–Kier alpha value is -1.04. The molecule has 0 aliphatic carbocycles. The second-order valence-corrected chi connectivity index (χ2v) is 4.15. The van der Waals surface area contributed by atoms with E-state index in [1.807, 2.05) is 24.3 Å². The number of aliphatic carboxylic acids is 1. The zero-order chi connectivity index (χ0) is 13.1. The number of nitrogens with one attached hydrogen (secondary N) is 2. The second-order valence-electron chi connectivity index (χ2n) is 4.15. The predicted octanol–water partition coefficient (Wildman–Crippen LogP) is 1.14. The quantitative estimate of drug-likeness (QED) is 0.738. The van der Waals surface area contributed by atoms with Crippen LogP contribution in [0.5, 0.6) is 0 Å². The smallest absolute Gasteiger partial charge is 1.00 e. The van der Waals surface area contributed by atoms with Crippen molar-refractivity contribution in [3.63, 3.8) is 0 Å². The van der Waals surface area contributed by atoms with Crippen molar-refractivity contribution in [2.45, 2.75) is 19.4 Å². The Morgan fingerprint density at radius 1 is 1.42 bits per heavy atom. The van der Waals surface area contributed by atoms with Gasteiger partial charge in [0.15, 0.2) is 0 Å². The summed E-state index contributed by atoms with van der Waals surface area (Å²) < 4.78 is 0. The van der Waals surface area contributed by atoms with Crippen LogP contribution in [-0.2, 0) is 16.0 Å². The van der Waals surface area contributed by atoms with Crippen LogP contribution in [0.25, 0.3) is 10.9 Å². The molecule has 0 saturated heterocycles. The summed E-state index contributed by atoms with van der Waals surface area (Å²) in [4.78, 5) is 25.1. The largest absolute Gasteiger partial charge is 2.00 e. The molecule has 1 aromatic carbocycles. The fourth-order valence-corrected chi connectivity index (χ4v) is 1.97. The van der Waals surface area contributed by atoms with Gasteiger partial charge in [-0.2, -0.15) is 0 Å². The van der Waals surface area contributed by atoms with Crippen LogP contribution in [0.1, 0.15) is 15.3 Å². The Balaban J connectivity index is 0. The van der Waals surface area contributed by atoms with Crippen molar-refractivity contribution in [3.8, 4) is 0 Å². The Labute approximate surface area is 143 Å². The molecule has 1 atom stereocenters. The van der Waals surface area contributed by atoms with Crippen LogP contribution in [0, 0.1) is 0 Å². The maximum Gasteiger partial charge on any atom is 2.00 e. The number of carboxylic acid groups (broad SMARTS) is 1. The number of benzene rings is 1. The summed E-state index contributed by atoms with van der Waals surface area (Å²) in [5.74, 6) is -1.38. The molecule has 3 N–H and O–H groups in total. The molecule has 0 saturated carbocycles. The molecule has 2 rings (SSSR count). The fourth-order valence-electron chi connectivity index (χ4n) is 1.97. The first-order valence-electron chi connectivity index (χ1n) is 5.63. The zero-order valence-electron chi connectivity index (χ0n) is 12.6. The number of H-pyrrole nitrogens is 1. The minimum atomic E-state index is -1.03. The first-order valence-corrected chi connectivity index (χ1v) is 5.63. The van der Waals surface area contributed by atoms with Gasteiger partial charge in [-0.25, -0.2) is 4.79 Å². The third-order valence-corrected chi connectivity index (χ3v) is 2.77. The van der Waals surface area contributed by atoms with Crippen molar-refractivity contribution < 1.29 is 17.5 Å². The van der Waals surface area contributed by atoms with Gasteiger partial charge in [-0.3, -0.25) is 4.79 Å². The van der Waals surface area contributed by atoms with Gasteiger partial charge in [0.1, 0.15) is 6.04 Å². The number of aromatic nitrogens is 1. The molecular weight excluding hydrogens is 272 g/mol. The monoisotopic (exact) mass is 288 g/mol. The summed E-state index contributed by atoms with van der Waals surface area (Å²) in [5.41, 5.74) is 1.84. The fraction of sp³-hybridized carbons (Fsp3) is 0.231. The van der Waals surface area contributed by atoms with E-state index < -0.39 is 12.0 Å². The van der Waals surface area contributed by atoms with E-state index in [-0.39, 0.29) is 52.9 Å². The summed E-state index contributed by atoms with van der Waals surface area (Å²) >= 11 is 0. The van der Waals surface area contributed by atoms with Gasteiger partial charge in [-0.15, -0.1) is 0 Å². The second kappa shape index (κ2) is 6.93. The first kappa shape index (κ1) is 16.0. The molecule has 19 heavy (non-hydrogen) atoms. The van der Waals surface area contributed by atoms with Crippen LogP contribution in [-0.4, -0.2) is 65.7 Å². The van der Waals surface area contributed by atoms with Gasteiger partial charge in [-0.05, 0) is 11.6 Å². The maximum absolute atomic E-state index is 11.1. The van der Waals surface area contributed by atoms with Gasteiger partial charge in [0.2, 0.25) is 5.91 Å². The van der Waals surface area contributed by atoms with Gasteiger partial charge >= 0.3 is 43.7 Å². The molecule has 1 heterocycles. The molecule has 1 aromatic heterocycles. The van der Waals surface area contributed by atoms with Crippen LogP contribution >= 0.6 is 0 Å². The number of fused-ring (bicyclic) bond motifs is 1. The zero-order valence-corrected chi connectivity index (χ0v) is 12.9. The molecule has 5 nitrogen and oxygen atoms in total. The number of carbonyl (C=O) groups is 2. The average molecular weight is 288 g/mol. The summed E-state index contributed by atoms with van der Waals surface area (Å²) in [5, 5.41) is 12.5. The van der Waals surface area contributed by atoms with Crippen molar-refractivity contribution in [1.82, 2.24) is 10.3 Å². The number of rotatable bonds is 4. The van der Waals surface area contributed by atoms with Gasteiger partial charge < -0.3 is 18.3 Å². The van der Waals surface area contributed by atoms with Crippen LogP contribution in [0.3, 0.4) is 0 Å². The Morgan fingerprint density at radius 2 is 2.11 bits per heavy atom. The Bertz CT molecular complexity index is 604. The number of hydrogen-bond acceptors (Lipinski definition) is 2. The molecule has 6 heteroatoms. The molecule has 0 aliphatic rings. The van der Waals surface area contributed by atoms with Gasteiger partial charge in [0, 0.05) is 30.4 Å². The molecule has 1 amide bonds. The number of carboxylic acids is 1. The van der Waals surface area contributed by atoms with E-state index in [0.717, 1.165) is 16.5 Å². The third kappa shape index (κ3) is 3.96. The average Bonchev–Trinajstić information content (AvgIpc) is 2.71. The normalized spacial score (nSPS) is 11.6. The first-order chi connectivity index (χ1) is 8.58. The number of aromatic amines is 1. The van der Waals surface area contributed by atoms with Crippen molar-refractivity contribution in [2.75, 3.05) is 0 Å². The number of para-hydroxylation sites is 1. The minimum absolute atomic E-state index is 0. The number of hydrogen-bond donors (Lipinski definition) is 3. The summed E-state index contributed by atoms with van der Waals surface area (Å²) in [6, 6.07) is 6.75. The standard InChI is InChI=1S/C13H14N2O3.Ca.2H/c1-8(16)15-12(13(17)18)6-9-7-14-11-5-3-2-4-10(9)11;;;/h2-5,7,12,14H,6H2,1H3,(H,15,16)(H,17,18);;;/q;+2;2*-1. The molecule has 0 aliphatic heterocycles. The summed E-state index contributed by atoms with van der Waals surface area (Å²) in [6.45, 7) is 1.31. The molecule has 1 unspecified atom stereocenters. The van der Waals surface area contributed by atoms with E-state index in [0.29, 0.717) is 0 Å². The van der Waals surface area contributed by atoms with Gasteiger partial charge in [0.25, 0.3) is 0 Å². The Kier molecular flexibility index (Phi) is 5.84. The SMILES string of the molecule is CC(=O)NC(Cc1c[nH]c2ccccc12)C(=O)O.[Ca+2].[H-].[H-]. The van der Waals surface area contributed by atoms with E-state index in [1.165, 1.54) is 6.92 Å². The molecule has 0 fully saturated rings. The number of amides is 1. The molecule has 0 spiro atoms. The van der Waals surface area contributed by atoms with E-state index in [2.05, 4.69) is 10.3 Å². The topological polar surface area (TPSA) is 82.2 Å². The van der Waals surface area contributed by atoms with E-state index in [4.69, 9.17) is 5.11 Å². The summed E-state index contributed by atoms with van der Waals surface area (Å²) in [6.07, 6.45) is 2.04. The van der Waals surface area contributed by atoms with Crippen LogP contribution in [0.4, 0.5) is 0 Å². The van der Waals surface area contributed by atoms with E-state index in [9.17, 15) is 9.59 Å². The molecule has 0 bridgehead atoms. The molecule has 2 aromatic rings. The molecule has 0 radical (unpaired) electrons. The molecule has 98 valence electrons. The van der Waals surface area contributed by atoms with Crippen molar-refractivity contribution in [3.05, 3.63) is 36.0 Å². The van der Waals surface area contributed by atoms with E-state index >= 15 is 0 Å². The Morgan fingerprint density at radius 3 is 2.74 bits per heavy atom. The van der Waals surface area contributed by atoms with Crippen molar-refractivity contribution in [2.24, 2.45) is 0 Å². The van der Waals surface area contributed by atoms with Gasteiger partial charge in [0.05, 0.1) is 0 Å². The summed E-state index contributed by atoms with van der Waals surface area (Å²) in [7, 11) is 0. The number of carbonyl (C=O) groups excluding carboxylic acids is 1. The minimum Gasteiger partial charge on any atom is -1.00 e. The maximum atomic E-state index is 11.1. The van der Waals surface area contributed by atoms with Crippen LogP contribution < -0.4 is 5.32 Å². The van der Waals surface area contributed by atoms with Crippen molar-refractivity contribution in [1.29, 1.82) is 0 Å². The molecular formula is C13H16CaN2O3. The third-order valence-electron chi connectivity index (χ3n) is 2.77. The predicted molar refractivity (Wildman–Crippen MR) is 75.2 cm³/mol. The van der Waals surface area contributed by atoms with E-state index in [1.54, 1.807) is 6.20 Å². The van der Waals surface area contributed by atoms with Crippen molar-refractivity contribution >= 4 is 60.5 Å².